The van der Waals surface area contributed by atoms with E-state index < -0.39 is 0 Å². The van der Waals surface area contributed by atoms with Gasteiger partial charge in [0.1, 0.15) is 10.8 Å². The summed E-state index contributed by atoms with van der Waals surface area (Å²) in [5.41, 5.74) is 4.37. The number of nitrogens with zero attached hydrogens (tertiary/aromatic N) is 1. The lowest BCUT2D eigenvalue weighted by molar-refractivity contribution is 0.102. The molecule has 1 amide bonds. The molecular weight excluding hydrogens is 368 g/mol. The maximum absolute atomic E-state index is 12.4. The van der Waals surface area contributed by atoms with Gasteiger partial charge >= 0.3 is 0 Å². The van der Waals surface area contributed by atoms with Crippen molar-refractivity contribution in [2.45, 2.75) is 0 Å². The van der Waals surface area contributed by atoms with Gasteiger partial charge in [-0.2, -0.15) is 0 Å². The molecule has 0 aliphatic heterocycles. The average molecular weight is 386 g/mol. The third-order valence-electron chi connectivity index (χ3n) is 4.32. The molecule has 4 nitrogen and oxygen atoms in total. The lowest BCUT2D eigenvalue weighted by atomic mass is 10.1. The first-order chi connectivity index (χ1) is 13.7. The molecule has 0 saturated carbocycles. The first-order valence-corrected chi connectivity index (χ1v) is 9.68. The zero-order valence-electron chi connectivity index (χ0n) is 15.3. The van der Waals surface area contributed by atoms with Crippen molar-refractivity contribution in [2.24, 2.45) is 0 Å². The number of amides is 1. The van der Waals surface area contributed by atoms with E-state index in [2.05, 4.69) is 17.4 Å². The fraction of sp³-hybridized carbons (Fsp3) is 0.0435. The highest BCUT2D eigenvalue weighted by Gasteiger charge is 2.09. The van der Waals surface area contributed by atoms with E-state index in [1.807, 2.05) is 47.8 Å². The van der Waals surface area contributed by atoms with E-state index in [0.29, 0.717) is 5.56 Å². The second-order valence-electron chi connectivity index (χ2n) is 6.16. The third-order valence-corrected chi connectivity index (χ3v) is 5.21. The van der Waals surface area contributed by atoms with Gasteiger partial charge in [-0.1, -0.05) is 42.5 Å². The van der Waals surface area contributed by atoms with Crippen molar-refractivity contribution >= 4 is 22.9 Å². The van der Waals surface area contributed by atoms with E-state index >= 15 is 0 Å². The van der Waals surface area contributed by atoms with Gasteiger partial charge in [-0.15, -0.1) is 11.3 Å². The summed E-state index contributed by atoms with van der Waals surface area (Å²) in [6.07, 6.45) is 0. The molecule has 3 aromatic carbocycles. The van der Waals surface area contributed by atoms with Crippen molar-refractivity contribution < 1.29 is 9.53 Å². The Kier molecular flexibility index (Phi) is 5.17. The number of rotatable bonds is 5. The standard InChI is InChI=1S/C23H18N2O2S/c1-27-20-13-9-17(10-14-20)22(26)24-19-11-7-16(8-12-19)21-15-28-23(25-21)18-5-3-2-4-6-18/h2-15H,1H3,(H,24,26). The molecular formula is C23H18N2O2S. The maximum Gasteiger partial charge on any atom is 0.255 e. The molecule has 0 radical (unpaired) electrons. The van der Waals surface area contributed by atoms with E-state index in [9.17, 15) is 4.79 Å². The summed E-state index contributed by atoms with van der Waals surface area (Å²) in [5.74, 6) is 0.564. The molecule has 4 aromatic rings. The number of thiazole rings is 1. The van der Waals surface area contributed by atoms with Crippen LogP contribution in [-0.2, 0) is 0 Å². The van der Waals surface area contributed by atoms with Crippen LogP contribution in [0.1, 0.15) is 10.4 Å². The Morgan fingerprint density at radius 3 is 2.29 bits per heavy atom. The van der Waals surface area contributed by atoms with Gasteiger partial charge in [0.15, 0.2) is 0 Å². The first-order valence-electron chi connectivity index (χ1n) is 8.80. The molecule has 0 aliphatic rings. The molecule has 0 fully saturated rings. The molecule has 0 saturated heterocycles. The van der Waals surface area contributed by atoms with Crippen molar-refractivity contribution in [1.82, 2.24) is 4.98 Å². The number of aromatic nitrogens is 1. The quantitative estimate of drug-likeness (QED) is 0.476. The van der Waals surface area contributed by atoms with Crippen LogP contribution < -0.4 is 10.1 Å². The molecule has 138 valence electrons. The summed E-state index contributed by atoms with van der Waals surface area (Å²) in [6, 6.07) is 24.9. The van der Waals surface area contributed by atoms with Crippen LogP contribution in [0.15, 0.2) is 84.2 Å². The average Bonchev–Trinajstić information content (AvgIpc) is 3.25. The number of hydrogen-bond donors (Lipinski definition) is 1. The molecule has 0 spiro atoms. The zero-order valence-corrected chi connectivity index (χ0v) is 16.1. The number of anilines is 1. The van der Waals surface area contributed by atoms with Gasteiger partial charge in [-0.25, -0.2) is 4.98 Å². The fourth-order valence-corrected chi connectivity index (χ4v) is 3.62. The minimum atomic E-state index is -0.157. The molecule has 0 atom stereocenters. The second kappa shape index (κ2) is 8.06. The van der Waals surface area contributed by atoms with Crippen LogP contribution in [0.25, 0.3) is 21.8 Å². The minimum absolute atomic E-state index is 0.157. The van der Waals surface area contributed by atoms with Gasteiger partial charge < -0.3 is 10.1 Å². The Morgan fingerprint density at radius 2 is 1.61 bits per heavy atom. The van der Waals surface area contributed by atoms with Crippen molar-refractivity contribution in [3.8, 4) is 27.6 Å². The number of hydrogen-bond acceptors (Lipinski definition) is 4. The molecule has 1 aromatic heterocycles. The lowest BCUT2D eigenvalue weighted by Gasteiger charge is -2.07. The topological polar surface area (TPSA) is 51.2 Å². The van der Waals surface area contributed by atoms with E-state index in [0.717, 1.165) is 33.3 Å². The number of ether oxygens (including phenoxy) is 1. The highest BCUT2D eigenvalue weighted by molar-refractivity contribution is 7.13. The molecule has 1 heterocycles. The van der Waals surface area contributed by atoms with Crippen LogP contribution in [0, 0.1) is 0 Å². The number of carbonyl (C=O) groups is 1. The smallest absolute Gasteiger partial charge is 0.255 e. The van der Waals surface area contributed by atoms with Crippen molar-refractivity contribution in [1.29, 1.82) is 0 Å². The van der Waals surface area contributed by atoms with Gasteiger partial charge in [0.05, 0.1) is 12.8 Å². The lowest BCUT2D eigenvalue weighted by Crippen LogP contribution is -2.11. The van der Waals surface area contributed by atoms with Crippen LogP contribution in [0.2, 0.25) is 0 Å². The van der Waals surface area contributed by atoms with Crippen LogP contribution >= 0.6 is 11.3 Å². The normalized spacial score (nSPS) is 10.5. The van der Waals surface area contributed by atoms with Crippen LogP contribution in [0.4, 0.5) is 5.69 Å². The Bertz CT molecular complexity index is 1070. The van der Waals surface area contributed by atoms with Crippen molar-refractivity contribution in [2.75, 3.05) is 12.4 Å². The summed E-state index contributed by atoms with van der Waals surface area (Å²) in [5, 5.41) is 5.95. The Labute approximate surface area is 167 Å². The summed E-state index contributed by atoms with van der Waals surface area (Å²) in [6.45, 7) is 0. The van der Waals surface area contributed by atoms with E-state index in [4.69, 9.17) is 9.72 Å². The van der Waals surface area contributed by atoms with Gasteiger partial charge in [-0.3, -0.25) is 4.79 Å². The van der Waals surface area contributed by atoms with Gasteiger partial charge in [0, 0.05) is 27.8 Å². The van der Waals surface area contributed by atoms with Crippen molar-refractivity contribution in [3.05, 3.63) is 89.8 Å². The highest BCUT2D eigenvalue weighted by Crippen LogP contribution is 2.29. The third kappa shape index (κ3) is 3.94. The Morgan fingerprint density at radius 1 is 0.893 bits per heavy atom. The van der Waals surface area contributed by atoms with Crippen LogP contribution in [0.5, 0.6) is 5.75 Å². The molecule has 0 unspecified atom stereocenters. The number of carbonyl (C=O) groups excluding carboxylic acids is 1. The molecule has 1 N–H and O–H groups in total. The largest absolute Gasteiger partial charge is 0.497 e. The summed E-state index contributed by atoms with van der Waals surface area (Å²) in [4.78, 5) is 17.1. The van der Waals surface area contributed by atoms with E-state index in [1.54, 1.807) is 42.7 Å². The fourth-order valence-electron chi connectivity index (χ4n) is 2.79. The molecule has 0 bridgehead atoms. The van der Waals surface area contributed by atoms with Gasteiger partial charge in [0.25, 0.3) is 5.91 Å². The molecule has 0 aliphatic carbocycles. The van der Waals surface area contributed by atoms with E-state index in [1.165, 1.54) is 0 Å². The SMILES string of the molecule is COc1ccc(C(=O)Nc2ccc(-c3csc(-c4ccccc4)n3)cc2)cc1. The summed E-state index contributed by atoms with van der Waals surface area (Å²) < 4.78 is 5.12. The van der Waals surface area contributed by atoms with Crippen LogP contribution in [-0.4, -0.2) is 18.0 Å². The summed E-state index contributed by atoms with van der Waals surface area (Å²) in [7, 11) is 1.60. The first kappa shape index (κ1) is 17.9. The second-order valence-corrected chi connectivity index (χ2v) is 7.02. The van der Waals surface area contributed by atoms with Crippen molar-refractivity contribution in [3.63, 3.8) is 0 Å². The zero-order chi connectivity index (χ0) is 19.3. The predicted octanol–water partition coefficient (Wildman–Crippen LogP) is 5.74. The predicted molar refractivity (Wildman–Crippen MR) is 114 cm³/mol. The monoisotopic (exact) mass is 386 g/mol. The molecule has 4 rings (SSSR count). The minimum Gasteiger partial charge on any atom is -0.497 e. The Balaban J connectivity index is 1.46. The maximum atomic E-state index is 12.4. The van der Waals surface area contributed by atoms with Gasteiger partial charge in [-0.05, 0) is 36.4 Å². The van der Waals surface area contributed by atoms with Crippen LogP contribution in [0.3, 0.4) is 0 Å². The molecule has 28 heavy (non-hydrogen) atoms. The number of methoxy groups -OCH3 is 1. The number of benzene rings is 3. The Hall–Kier alpha value is -3.44. The highest BCUT2D eigenvalue weighted by atomic mass is 32.1. The van der Waals surface area contributed by atoms with E-state index in [-0.39, 0.29) is 5.91 Å². The molecule has 5 heteroatoms. The van der Waals surface area contributed by atoms with Gasteiger partial charge in [0.2, 0.25) is 0 Å². The number of nitrogens with one attached hydrogen (secondary N) is 1. The summed E-state index contributed by atoms with van der Waals surface area (Å²) >= 11 is 1.62.